The highest BCUT2D eigenvalue weighted by atomic mass is 19.1. The van der Waals surface area contributed by atoms with Crippen LogP contribution in [0.15, 0.2) is 0 Å². The zero-order valence-corrected chi connectivity index (χ0v) is 17.3. The van der Waals surface area contributed by atoms with Crippen LogP contribution in [0.4, 0.5) is 4.39 Å². The Morgan fingerprint density at radius 2 is 1.07 bits per heavy atom. The van der Waals surface area contributed by atoms with E-state index in [1.165, 1.54) is 0 Å². The van der Waals surface area contributed by atoms with Gasteiger partial charge in [0.2, 0.25) is 0 Å². The van der Waals surface area contributed by atoms with Crippen LogP contribution in [-0.2, 0) is 38.1 Å². The Labute approximate surface area is 173 Å². The molecule has 9 heteroatoms. The number of alkyl halides is 1. The lowest BCUT2D eigenvalue weighted by molar-refractivity contribution is -0.267. The summed E-state index contributed by atoms with van der Waals surface area (Å²) in [5.41, 5.74) is -2.26. The predicted octanol–water partition coefficient (Wildman–Crippen LogP) is 2.86. The van der Waals surface area contributed by atoms with E-state index in [1.807, 2.05) is 13.8 Å². The first-order valence-corrected chi connectivity index (χ1v) is 10.5. The van der Waals surface area contributed by atoms with E-state index in [0.717, 1.165) is 0 Å². The van der Waals surface area contributed by atoms with Gasteiger partial charge in [-0.25, -0.2) is 4.39 Å². The van der Waals surface area contributed by atoms with E-state index in [-0.39, 0.29) is 38.0 Å². The first-order chi connectivity index (χ1) is 14.0. The zero-order valence-electron chi connectivity index (χ0n) is 17.3. The van der Waals surface area contributed by atoms with Crippen LogP contribution in [0.5, 0.6) is 0 Å². The van der Waals surface area contributed by atoms with Crippen molar-refractivity contribution in [2.45, 2.75) is 95.3 Å². The van der Waals surface area contributed by atoms with Gasteiger partial charge in [0.1, 0.15) is 18.5 Å². The molecule has 30 heavy (non-hydrogen) atoms. The number of ether oxygens (including phenoxy) is 4. The molecule has 0 radical (unpaired) electrons. The van der Waals surface area contributed by atoms with Crippen molar-refractivity contribution in [3.05, 3.63) is 0 Å². The van der Waals surface area contributed by atoms with Gasteiger partial charge in [0.25, 0.3) is 11.6 Å². The number of carbonyl (C=O) groups is 4. The summed E-state index contributed by atoms with van der Waals surface area (Å²) in [6.07, 6.45) is 1.45. The van der Waals surface area contributed by atoms with Gasteiger partial charge >= 0.3 is 23.9 Å². The molecule has 2 saturated carbocycles. The van der Waals surface area contributed by atoms with E-state index in [1.54, 1.807) is 0 Å². The molecule has 4 fully saturated rings. The van der Waals surface area contributed by atoms with Crippen LogP contribution in [0, 0.1) is 11.3 Å². The molecule has 2 aliphatic heterocycles. The van der Waals surface area contributed by atoms with Gasteiger partial charge in [-0.05, 0) is 31.6 Å². The number of esters is 4. The highest BCUT2D eigenvalue weighted by Crippen LogP contribution is 2.56. The molecule has 0 aromatic rings. The lowest BCUT2D eigenvalue weighted by Gasteiger charge is -2.53. The van der Waals surface area contributed by atoms with Crippen molar-refractivity contribution < 1.29 is 42.5 Å². The van der Waals surface area contributed by atoms with E-state index in [9.17, 15) is 19.2 Å². The summed E-state index contributed by atoms with van der Waals surface area (Å²) in [6, 6.07) is 0. The summed E-state index contributed by atoms with van der Waals surface area (Å²) < 4.78 is 37.4. The smallest absolute Gasteiger partial charge is 0.320 e. The predicted molar refractivity (Wildman–Crippen MR) is 97.1 cm³/mol. The molecular formula is C21H27FO8. The minimum atomic E-state index is -1.54. The molecule has 8 nitrogen and oxygen atoms in total. The molecule has 166 valence electrons. The standard InChI is InChI=1S/C21H27FO8/c1-18(2,13-3-5-20(6-4-13)27-14(23)11-15(24)28-20)19(22)7-9-21(10-8-19)29-16(25)12-17(26)30-21/h13H,3-12H2,1-2H3. The zero-order chi connectivity index (χ0) is 21.8. The van der Waals surface area contributed by atoms with Crippen molar-refractivity contribution in [2.24, 2.45) is 11.3 Å². The quantitative estimate of drug-likeness (QED) is 0.490. The van der Waals surface area contributed by atoms with Gasteiger partial charge in [-0.3, -0.25) is 19.2 Å². The monoisotopic (exact) mass is 426 g/mol. The summed E-state index contributed by atoms with van der Waals surface area (Å²) >= 11 is 0. The maximum atomic E-state index is 16.2. The molecular weight excluding hydrogens is 399 g/mol. The third-order valence-corrected chi connectivity index (χ3v) is 7.50. The van der Waals surface area contributed by atoms with E-state index in [2.05, 4.69) is 0 Å². The molecule has 0 aromatic carbocycles. The third-order valence-electron chi connectivity index (χ3n) is 7.50. The summed E-state index contributed by atoms with van der Waals surface area (Å²) in [5.74, 6) is -5.02. The van der Waals surface area contributed by atoms with Crippen LogP contribution in [0.1, 0.15) is 78.1 Å². The van der Waals surface area contributed by atoms with E-state index >= 15 is 4.39 Å². The van der Waals surface area contributed by atoms with Crippen LogP contribution in [-0.4, -0.2) is 41.1 Å². The molecule has 0 atom stereocenters. The second kappa shape index (κ2) is 6.92. The fourth-order valence-corrected chi connectivity index (χ4v) is 5.48. The van der Waals surface area contributed by atoms with Gasteiger partial charge < -0.3 is 18.9 Å². The van der Waals surface area contributed by atoms with Crippen LogP contribution in [0.3, 0.4) is 0 Å². The van der Waals surface area contributed by atoms with Crippen LogP contribution in [0.2, 0.25) is 0 Å². The molecule has 2 heterocycles. The van der Waals surface area contributed by atoms with Gasteiger partial charge in [-0.2, -0.15) is 0 Å². The van der Waals surface area contributed by atoms with E-state index in [4.69, 9.17) is 18.9 Å². The van der Waals surface area contributed by atoms with E-state index in [0.29, 0.717) is 25.7 Å². The number of carbonyl (C=O) groups excluding carboxylic acids is 4. The molecule has 0 bridgehead atoms. The average Bonchev–Trinajstić information content (AvgIpc) is 2.63. The maximum Gasteiger partial charge on any atom is 0.320 e. The van der Waals surface area contributed by atoms with Crippen molar-refractivity contribution in [1.29, 1.82) is 0 Å². The van der Waals surface area contributed by atoms with Crippen molar-refractivity contribution in [1.82, 2.24) is 0 Å². The number of rotatable bonds is 2. The molecule has 4 aliphatic rings. The van der Waals surface area contributed by atoms with Gasteiger partial charge in [-0.15, -0.1) is 0 Å². The van der Waals surface area contributed by atoms with Gasteiger partial charge in [0.05, 0.1) is 0 Å². The topological polar surface area (TPSA) is 105 Å². The Kier molecular flexibility index (Phi) is 4.86. The minimum Gasteiger partial charge on any atom is -0.422 e. The third kappa shape index (κ3) is 3.56. The Balaban J connectivity index is 1.41. The van der Waals surface area contributed by atoms with E-state index < -0.39 is 53.0 Å². The van der Waals surface area contributed by atoms with Crippen molar-refractivity contribution >= 4 is 23.9 Å². The molecule has 0 aromatic heterocycles. The van der Waals surface area contributed by atoms with Gasteiger partial charge in [0.15, 0.2) is 0 Å². The van der Waals surface area contributed by atoms with Crippen molar-refractivity contribution in [2.75, 3.05) is 0 Å². The van der Waals surface area contributed by atoms with Crippen molar-refractivity contribution in [3.8, 4) is 0 Å². The largest absolute Gasteiger partial charge is 0.422 e. The molecule has 0 amide bonds. The summed E-state index contributed by atoms with van der Waals surface area (Å²) in [5, 5.41) is 0. The fraction of sp³-hybridized carbons (Fsp3) is 0.810. The molecule has 4 rings (SSSR count). The lowest BCUT2D eigenvalue weighted by atomic mass is 9.58. The highest BCUT2D eigenvalue weighted by molar-refractivity contribution is 5.93. The van der Waals surface area contributed by atoms with Crippen LogP contribution in [0.25, 0.3) is 0 Å². The first kappa shape index (κ1) is 21.1. The second-order valence-electron chi connectivity index (χ2n) is 9.53. The van der Waals surface area contributed by atoms with Crippen molar-refractivity contribution in [3.63, 3.8) is 0 Å². The number of hydrogen-bond donors (Lipinski definition) is 0. The molecule has 2 aliphatic carbocycles. The second-order valence-corrected chi connectivity index (χ2v) is 9.53. The average molecular weight is 426 g/mol. The molecule has 2 saturated heterocycles. The highest BCUT2D eigenvalue weighted by Gasteiger charge is 2.59. The normalized spacial score (nSPS) is 31.7. The molecule has 2 spiro atoms. The SMILES string of the molecule is CC(C)(C1CCC2(CC1)OC(=O)CC(=O)O2)C1(F)CCC2(CC1)OC(=O)CC(=O)O2. The van der Waals surface area contributed by atoms with Gasteiger partial charge in [-0.1, -0.05) is 13.8 Å². The first-order valence-electron chi connectivity index (χ1n) is 10.5. The maximum absolute atomic E-state index is 16.2. The molecule has 0 N–H and O–H groups in total. The summed E-state index contributed by atoms with van der Waals surface area (Å²) in [7, 11) is 0. The Morgan fingerprint density at radius 3 is 1.47 bits per heavy atom. The fourth-order valence-electron chi connectivity index (χ4n) is 5.48. The Bertz CT molecular complexity index is 736. The minimum absolute atomic E-state index is 0.0158. The summed E-state index contributed by atoms with van der Waals surface area (Å²) in [6.45, 7) is 3.76. The Hall–Kier alpha value is -2.19. The van der Waals surface area contributed by atoms with Crippen LogP contribution < -0.4 is 0 Å². The van der Waals surface area contributed by atoms with Crippen LogP contribution >= 0.6 is 0 Å². The van der Waals surface area contributed by atoms with Gasteiger partial charge in [0, 0.05) is 31.1 Å². The molecule has 0 unspecified atom stereocenters. The Morgan fingerprint density at radius 1 is 0.700 bits per heavy atom. The number of hydrogen-bond acceptors (Lipinski definition) is 8. The lowest BCUT2D eigenvalue weighted by Crippen LogP contribution is -2.56. The number of halogens is 1. The summed E-state index contributed by atoms with van der Waals surface area (Å²) in [4.78, 5) is 46.6.